The zero-order valence-corrected chi connectivity index (χ0v) is 15.7. The van der Waals surface area contributed by atoms with E-state index in [9.17, 15) is 4.79 Å². The van der Waals surface area contributed by atoms with E-state index in [1.165, 1.54) is 37.0 Å². The standard InChI is InChI=1S/C18H25N5OS/c1-12-9-13(2)20-17(19-12)23-18-22-15(11-25-18)10-16(24)21-14-7-5-3-4-6-8-14/h9,11,14H,3-8,10H2,1-2H3,(H,21,24)(H,19,20,22,23). The summed E-state index contributed by atoms with van der Waals surface area (Å²) in [4.78, 5) is 25.4. The van der Waals surface area contributed by atoms with Crippen LogP contribution in [0.4, 0.5) is 11.1 Å². The number of rotatable bonds is 5. The van der Waals surface area contributed by atoms with Crippen molar-refractivity contribution in [3.8, 4) is 0 Å². The summed E-state index contributed by atoms with van der Waals surface area (Å²) in [6.45, 7) is 3.87. The fourth-order valence-electron chi connectivity index (χ4n) is 3.19. The van der Waals surface area contributed by atoms with Gasteiger partial charge in [-0.05, 0) is 32.8 Å². The van der Waals surface area contributed by atoms with Gasteiger partial charge in [-0.15, -0.1) is 11.3 Å². The van der Waals surface area contributed by atoms with Gasteiger partial charge in [0.15, 0.2) is 5.13 Å². The summed E-state index contributed by atoms with van der Waals surface area (Å²) in [5.74, 6) is 0.604. The van der Waals surface area contributed by atoms with Gasteiger partial charge in [0.25, 0.3) is 0 Å². The number of nitrogens with zero attached hydrogens (tertiary/aromatic N) is 3. The molecule has 2 aromatic rings. The topological polar surface area (TPSA) is 79.8 Å². The van der Waals surface area contributed by atoms with Crippen LogP contribution in [0.25, 0.3) is 0 Å². The molecule has 25 heavy (non-hydrogen) atoms. The van der Waals surface area contributed by atoms with Gasteiger partial charge in [0.2, 0.25) is 11.9 Å². The summed E-state index contributed by atoms with van der Waals surface area (Å²) in [7, 11) is 0. The number of thiazole rings is 1. The van der Waals surface area contributed by atoms with Crippen molar-refractivity contribution in [3.63, 3.8) is 0 Å². The van der Waals surface area contributed by atoms with Crippen LogP contribution in [-0.2, 0) is 11.2 Å². The van der Waals surface area contributed by atoms with Gasteiger partial charge in [-0.3, -0.25) is 4.79 Å². The highest BCUT2D eigenvalue weighted by Gasteiger charge is 2.16. The molecule has 3 rings (SSSR count). The maximum atomic E-state index is 12.3. The highest BCUT2D eigenvalue weighted by Crippen LogP contribution is 2.20. The van der Waals surface area contributed by atoms with Gasteiger partial charge in [0, 0.05) is 22.8 Å². The van der Waals surface area contributed by atoms with Crippen LogP contribution in [0.15, 0.2) is 11.4 Å². The first-order chi connectivity index (χ1) is 12.1. The fraction of sp³-hybridized carbons (Fsp3) is 0.556. The van der Waals surface area contributed by atoms with Crippen LogP contribution in [0.5, 0.6) is 0 Å². The second-order valence-electron chi connectivity index (χ2n) is 6.68. The molecule has 0 radical (unpaired) electrons. The number of carbonyl (C=O) groups is 1. The summed E-state index contributed by atoms with van der Waals surface area (Å²) in [6, 6.07) is 2.26. The summed E-state index contributed by atoms with van der Waals surface area (Å²) < 4.78 is 0. The van der Waals surface area contributed by atoms with Gasteiger partial charge >= 0.3 is 0 Å². The predicted molar refractivity (Wildman–Crippen MR) is 100 cm³/mol. The van der Waals surface area contributed by atoms with E-state index in [1.807, 2.05) is 25.3 Å². The third-order valence-corrected chi connectivity index (χ3v) is 5.12. The average molecular weight is 359 g/mol. The van der Waals surface area contributed by atoms with E-state index in [1.54, 1.807) is 0 Å². The highest BCUT2D eigenvalue weighted by atomic mass is 32.1. The molecular weight excluding hydrogens is 334 g/mol. The Morgan fingerprint density at radius 1 is 1.12 bits per heavy atom. The summed E-state index contributed by atoms with van der Waals surface area (Å²) in [5.41, 5.74) is 2.60. The minimum absolute atomic E-state index is 0.0615. The van der Waals surface area contributed by atoms with Crippen LogP contribution in [-0.4, -0.2) is 26.9 Å². The van der Waals surface area contributed by atoms with Crippen LogP contribution in [0.3, 0.4) is 0 Å². The molecule has 0 atom stereocenters. The Hall–Kier alpha value is -2.02. The van der Waals surface area contributed by atoms with Gasteiger partial charge in [0.05, 0.1) is 12.1 Å². The van der Waals surface area contributed by atoms with Crippen molar-refractivity contribution in [3.05, 3.63) is 28.5 Å². The van der Waals surface area contributed by atoms with Crippen molar-refractivity contribution >= 4 is 28.3 Å². The van der Waals surface area contributed by atoms with E-state index in [-0.39, 0.29) is 5.91 Å². The zero-order chi connectivity index (χ0) is 17.6. The van der Waals surface area contributed by atoms with Gasteiger partial charge in [-0.1, -0.05) is 25.7 Å². The van der Waals surface area contributed by atoms with Crippen LogP contribution in [0, 0.1) is 13.8 Å². The summed E-state index contributed by atoms with van der Waals surface area (Å²) >= 11 is 1.47. The smallest absolute Gasteiger partial charge is 0.229 e. The van der Waals surface area contributed by atoms with Crippen LogP contribution >= 0.6 is 11.3 Å². The molecule has 0 bridgehead atoms. The van der Waals surface area contributed by atoms with Gasteiger partial charge in [0.1, 0.15) is 0 Å². The number of hydrogen-bond acceptors (Lipinski definition) is 6. The Labute approximate surface area is 152 Å². The van der Waals surface area contributed by atoms with Crippen LogP contribution in [0.2, 0.25) is 0 Å². The predicted octanol–water partition coefficient (Wildman–Crippen LogP) is 3.68. The molecule has 1 fully saturated rings. The van der Waals surface area contributed by atoms with Crippen LogP contribution < -0.4 is 10.6 Å². The van der Waals surface area contributed by atoms with Gasteiger partial charge in [-0.25, -0.2) is 15.0 Å². The number of hydrogen-bond donors (Lipinski definition) is 2. The molecule has 0 aromatic carbocycles. The minimum atomic E-state index is 0.0615. The van der Waals surface area contributed by atoms with Gasteiger partial charge < -0.3 is 10.6 Å². The van der Waals surface area contributed by atoms with Crippen molar-refractivity contribution in [1.29, 1.82) is 0 Å². The molecule has 0 saturated heterocycles. The molecule has 134 valence electrons. The lowest BCUT2D eigenvalue weighted by Gasteiger charge is -2.15. The maximum Gasteiger partial charge on any atom is 0.229 e. The van der Waals surface area contributed by atoms with Crippen molar-refractivity contribution in [2.24, 2.45) is 0 Å². The summed E-state index contributed by atoms with van der Waals surface area (Å²) in [5, 5.41) is 8.91. The molecule has 1 aliphatic carbocycles. The SMILES string of the molecule is Cc1cc(C)nc(Nc2nc(CC(=O)NC3CCCCCC3)cs2)n1. The molecule has 2 N–H and O–H groups in total. The lowest BCUT2D eigenvalue weighted by atomic mass is 10.1. The first kappa shape index (κ1) is 17.8. The maximum absolute atomic E-state index is 12.3. The number of nitrogens with one attached hydrogen (secondary N) is 2. The third-order valence-electron chi connectivity index (χ3n) is 4.31. The molecular formula is C18H25N5OS. The summed E-state index contributed by atoms with van der Waals surface area (Å²) in [6.07, 6.45) is 7.51. The van der Waals surface area contributed by atoms with Crippen molar-refractivity contribution in [1.82, 2.24) is 20.3 Å². The molecule has 0 aliphatic heterocycles. The van der Waals surface area contributed by atoms with Crippen molar-refractivity contribution in [2.45, 2.75) is 64.8 Å². The number of carbonyl (C=O) groups excluding carboxylic acids is 1. The Bertz CT molecular complexity index is 702. The molecule has 1 aliphatic rings. The molecule has 0 unspecified atom stereocenters. The second-order valence-corrected chi connectivity index (χ2v) is 7.53. The quantitative estimate of drug-likeness (QED) is 0.796. The number of anilines is 2. The van der Waals surface area contributed by atoms with E-state index < -0.39 is 0 Å². The Morgan fingerprint density at radius 2 is 1.80 bits per heavy atom. The van der Waals surface area contributed by atoms with Crippen molar-refractivity contribution in [2.75, 3.05) is 5.32 Å². The Morgan fingerprint density at radius 3 is 2.48 bits per heavy atom. The van der Waals surface area contributed by atoms with E-state index in [0.29, 0.717) is 23.5 Å². The second kappa shape index (κ2) is 8.38. The number of aromatic nitrogens is 3. The van der Waals surface area contributed by atoms with E-state index >= 15 is 0 Å². The fourth-order valence-corrected chi connectivity index (χ4v) is 3.89. The first-order valence-corrected chi connectivity index (χ1v) is 9.79. The molecule has 0 spiro atoms. The zero-order valence-electron chi connectivity index (χ0n) is 14.8. The molecule has 2 heterocycles. The monoisotopic (exact) mass is 359 g/mol. The van der Waals surface area contributed by atoms with Gasteiger partial charge in [-0.2, -0.15) is 0 Å². The normalized spacial score (nSPS) is 15.6. The molecule has 1 saturated carbocycles. The average Bonchev–Trinajstić information content (AvgIpc) is 2.79. The minimum Gasteiger partial charge on any atom is -0.353 e. The molecule has 1 amide bonds. The molecule has 2 aromatic heterocycles. The van der Waals surface area contributed by atoms with Crippen LogP contribution in [0.1, 0.15) is 55.6 Å². The third kappa shape index (κ3) is 5.49. The van der Waals surface area contributed by atoms with E-state index in [0.717, 1.165) is 29.9 Å². The lowest BCUT2D eigenvalue weighted by Crippen LogP contribution is -2.35. The lowest BCUT2D eigenvalue weighted by molar-refractivity contribution is -0.121. The van der Waals surface area contributed by atoms with Crippen molar-refractivity contribution < 1.29 is 4.79 Å². The number of amides is 1. The molecule has 6 nitrogen and oxygen atoms in total. The van der Waals surface area contributed by atoms with E-state index in [2.05, 4.69) is 25.6 Å². The first-order valence-electron chi connectivity index (χ1n) is 8.91. The Balaban J connectivity index is 1.54. The highest BCUT2D eigenvalue weighted by molar-refractivity contribution is 7.13. The number of aryl methyl sites for hydroxylation is 2. The van der Waals surface area contributed by atoms with E-state index in [4.69, 9.17) is 0 Å². The Kier molecular flexibility index (Phi) is 5.96. The largest absolute Gasteiger partial charge is 0.353 e. The molecule has 7 heteroatoms.